The van der Waals surface area contributed by atoms with E-state index >= 15 is 0 Å². The molecule has 18 heavy (non-hydrogen) atoms. The highest BCUT2D eigenvalue weighted by Crippen LogP contribution is 2.04. The van der Waals surface area contributed by atoms with Crippen molar-refractivity contribution in [3.8, 4) is 0 Å². The van der Waals surface area contributed by atoms with Crippen LogP contribution in [0.3, 0.4) is 0 Å². The highest BCUT2D eigenvalue weighted by molar-refractivity contribution is 6.57. The van der Waals surface area contributed by atoms with Gasteiger partial charge >= 0.3 is 7.12 Å². The van der Waals surface area contributed by atoms with E-state index in [4.69, 9.17) is 14.8 Å². The van der Waals surface area contributed by atoms with Gasteiger partial charge in [-0.2, -0.15) is 0 Å². The smallest absolute Gasteiger partial charge is 0.422 e. The monoisotopic (exact) mass is 243 g/mol. The minimum Gasteiger partial charge on any atom is -0.422 e. The largest absolute Gasteiger partial charge is 0.508 e. The molecule has 0 spiro atoms. The molecule has 0 aliphatic carbocycles. The SMILES string of the molecule is OB(O)c1cc(COCc2ccccc2)ccn1. The maximum atomic E-state index is 9.00. The third-order valence-corrected chi connectivity index (χ3v) is 2.49. The van der Waals surface area contributed by atoms with E-state index in [1.54, 1.807) is 12.1 Å². The first kappa shape index (κ1) is 12.8. The number of nitrogens with zero attached hydrogens (tertiary/aromatic N) is 1. The first-order valence-corrected chi connectivity index (χ1v) is 5.68. The van der Waals surface area contributed by atoms with Crippen LogP contribution in [0.5, 0.6) is 0 Å². The predicted molar refractivity (Wildman–Crippen MR) is 69.0 cm³/mol. The third-order valence-electron chi connectivity index (χ3n) is 2.49. The molecule has 0 bridgehead atoms. The van der Waals surface area contributed by atoms with Crippen LogP contribution in [0.15, 0.2) is 48.7 Å². The van der Waals surface area contributed by atoms with Crippen molar-refractivity contribution in [1.82, 2.24) is 4.98 Å². The van der Waals surface area contributed by atoms with Crippen LogP contribution in [0.4, 0.5) is 0 Å². The number of hydrogen-bond acceptors (Lipinski definition) is 4. The Balaban J connectivity index is 1.89. The Morgan fingerprint density at radius 1 is 1.00 bits per heavy atom. The van der Waals surface area contributed by atoms with Gasteiger partial charge in [0, 0.05) is 6.20 Å². The summed E-state index contributed by atoms with van der Waals surface area (Å²) in [5.74, 6) is 0. The van der Waals surface area contributed by atoms with E-state index < -0.39 is 7.12 Å². The van der Waals surface area contributed by atoms with Crippen molar-refractivity contribution in [2.24, 2.45) is 0 Å². The van der Waals surface area contributed by atoms with Crippen molar-refractivity contribution >= 4 is 12.7 Å². The molecule has 0 saturated carbocycles. The summed E-state index contributed by atoms with van der Waals surface area (Å²) in [7, 11) is -1.54. The van der Waals surface area contributed by atoms with Gasteiger partial charge < -0.3 is 14.8 Å². The summed E-state index contributed by atoms with van der Waals surface area (Å²) in [4.78, 5) is 3.85. The van der Waals surface area contributed by atoms with Crippen LogP contribution in [0.25, 0.3) is 0 Å². The molecule has 0 radical (unpaired) electrons. The first-order chi connectivity index (χ1) is 8.75. The molecular formula is C13H14BNO3. The number of aromatic nitrogens is 1. The zero-order valence-corrected chi connectivity index (χ0v) is 9.86. The highest BCUT2D eigenvalue weighted by Gasteiger charge is 2.12. The van der Waals surface area contributed by atoms with E-state index in [-0.39, 0.29) is 5.59 Å². The molecule has 1 heterocycles. The third kappa shape index (κ3) is 3.66. The summed E-state index contributed by atoms with van der Waals surface area (Å²) in [5.41, 5.74) is 2.20. The zero-order chi connectivity index (χ0) is 12.8. The summed E-state index contributed by atoms with van der Waals surface area (Å²) >= 11 is 0. The van der Waals surface area contributed by atoms with E-state index in [9.17, 15) is 0 Å². The zero-order valence-electron chi connectivity index (χ0n) is 9.86. The van der Waals surface area contributed by atoms with Crippen molar-refractivity contribution in [3.63, 3.8) is 0 Å². The van der Waals surface area contributed by atoms with Crippen LogP contribution in [0.1, 0.15) is 11.1 Å². The van der Waals surface area contributed by atoms with Gasteiger partial charge in [-0.25, -0.2) is 0 Å². The Kier molecular flexibility index (Phi) is 4.47. The van der Waals surface area contributed by atoms with Gasteiger partial charge in [-0.3, -0.25) is 4.98 Å². The molecule has 2 aromatic rings. The molecule has 0 atom stereocenters. The van der Waals surface area contributed by atoms with Crippen molar-refractivity contribution in [2.45, 2.75) is 13.2 Å². The lowest BCUT2D eigenvalue weighted by Crippen LogP contribution is -2.32. The maximum absolute atomic E-state index is 9.00. The van der Waals surface area contributed by atoms with Crippen LogP contribution >= 0.6 is 0 Å². The quantitative estimate of drug-likeness (QED) is 0.749. The molecule has 0 amide bonds. The van der Waals surface area contributed by atoms with Gasteiger partial charge in [0.1, 0.15) is 0 Å². The van der Waals surface area contributed by atoms with Gasteiger partial charge in [0.05, 0.1) is 18.8 Å². The molecular weight excluding hydrogens is 229 g/mol. The molecule has 0 aliphatic rings. The number of hydrogen-bond donors (Lipinski definition) is 2. The van der Waals surface area contributed by atoms with Crippen LogP contribution in [-0.2, 0) is 18.0 Å². The summed E-state index contributed by atoms with van der Waals surface area (Å²) in [6.07, 6.45) is 1.54. The highest BCUT2D eigenvalue weighted by atomic mass is 16.5. The Hall–Kier alpha value is -1.69. The summed E-state index contributed by atoms with van der Waals surface area (Å²) in [6.45, 7) is 0.942. The lowest BCUT2D eigenvalue weighted by atomic mass is 9.85. The van der Waals surface area contributed by atoms with Gasteiger partial charge in [0.25, 0.3) is 0 Å². The second-order valence-corrected chi connectivity index (χ2v) is 3.94. The van der Waals surface area contributed by atoms with Crippen molar-refractivity contribution in [2.75, 3.05) is 0 Å². The van der Waals surface area contributed by atoms with Crippen molar-refractivity contribution in [3.05, 3.63) is 59.8 Å². The van der Waals surface area contributed by atoms with Gasteiger partial charge in [-0.05, 0) is 23.3 Å². The van der Waals surface area contributed by atoms with E-state index in [0.717, 1.165) is 11.1 Å². The normalized spacial score (nSPS) is 10.3. The molecule has 1 aromatic heterocycles. The fraction of sp³-hybridized carbons (Fsp3) is 0.154. The van der Waals surface area contributed by atoms with Crippen molar-refractivity contribution in [1.29, 1.82) is 0 Å². The standard InChI is InChI=1S/C13H14BNO3/c16-14(17)13-8-12(6-7-15-13)10-18-9-11-4-2-1-3-5-11/h1-8,16-17H,9-10H2. The number of benzene rings is 1. The molecule has 1 aromatic carbocycles. The minimum absolute atomic E-state index is 0.232. The van der Waals surface area contributed by atoms with Crippen LogP contribution < -0.4 is 5.59 Å². The Morgan fingerprint density at radius 2 is 1.72 bits per heavy atom. The second-order valence-electron chi connectivity index (χ2n) is 3.94. The number of ether oxygens (including phenoxy) is 1. The molecule has 5 heteroatoms. The average Bonchev–Trinajstić information content (AvgIpc) is 2.40. The summed E-state index contributed by atoms with van der Waals surface area (Å²) < 4.78 is 5.55. The van der Waals surface area contributed by atoms with Gasteiger partial charge in [-0.1, -0.05) is 30.3 Å². The fourth-order valence-corrected chi connectivity index (χ4v) is 1.59. The average molecular weight is 243 g/mol. The second kappa shape index (κ2) is 6.30. The first-order valence-electron chi connectivity index (χ1n) is 5.68. The van der Waals surface area contributed by atoms with E-state index in [1.165, 1.54) is 6.20 Å². The molecule has 0 unspecified atom stereocenters. The molecule has 4 nitrogen and oxygen atoms in total. The minimum atomic E-state index is -1.54. The lowest BCUT2D eigenvalue weighted by Gasteiger charge is -2.06. The number of pyridine rings is 1. The van der Waals surface area contributed by atoms with Gasteiger partial charge in [0.2, 0.25) is 0 Å². The summed E-state index contributed by atoms with van der Waals surface area (Å²) in [5, 5.41) is 18.0. The van der Waals surface area contributed by atoms with Crippen molar-refractivity contribution < 1.29 is 14.8 Å². The topological polar surface area (TPSA) is 62.6 Å². The molecule has 0 aliphatic heterocycles. The van der Waals surface area contributed by atoms with Gasteiger partial charge in [-0.15, -0.1) is 0 Å². The summed E-state index contributed by atoms with van der Waals surface area (Å²) in [6, 6.07) is 13.3. The fourth-order valence-electron chi connectivity index (χ4n) is 1.59. The van der Waals surface area contributed by atoms with E-state index in [2.05, 4.69) is 4.98 Å². The van der Waals surface area contributed by atoms with Crippen LogP contribution in [0.2, 0.25) is 0 Å². The lowest BCUT2D eigenvalue weighted by molar-refractivity contribution is 0.107. The molecule has 2 N–H and O–H groups in total. The number of rotatable bonds is 5. The Morgan fingerprint density at radius 3 is 2.44 bits per heavy atom. The molecule has 0 saturated heterocycles. The van der Waals surface area contributed by atoms with E-state index in [0.29, 0.717) is 13.2 Å². The Bertz CT molecular complexity index is 491. The molecule has 0 fully saturated rings. The molecule has 2 rings (SSSR count). The predicted octanol–water partition coefficient (Wildman–Crippen LogP) is 0.478. The molecule has 92 valence electrons. The van der Waals surface area contributed by atoms with Gasteiger partial charge in [0.15, 0.2) is 0 Å². The Labute approximate surface area is 106 Å². The van der Waals surface area contributed by atoms with Crippen LogP contribution in [-0.4, -0.2) is 22.2 Å². The van der Waals surface area contributed by atoms with E-state index in [1.807, 2.05) is 30.3 Å². The maximum Gasteiger partial charge on any atom is 0.508 e. The van der Waals surface area contributed by atoms with Crippen LogP contribution in [0, 0.1) is 0 Å².